The van der Waals surface area contributed by atoms with Crippen molar-refractivity contribution in [3.05, 3.63) is 59.2 Å². The highest BCUT2D eigenvalue weighted by Gasteiger charge is 2.16. The largest absolute Gasteiger partial charge is 0.453 e. The number of benzene rings is 2. The quantitative estimate of drug-likeness (QED) is 0.806. The Morgan fingerprint density at radius 1 is 0.962 bits per heavy atom. The van der Waals surface area contributed by atoms with Crippen LogP contribution in [-0.4, -0.2) is 23.9 Å². The molecule has 136 valence electrons. The standard InChI is InChI=1S/C20H22N2O4/c1-12-6-5-7-18(13(12)2)22-20(25)16-8-10-17(11-9-16)21-19(24)14(3)26-15(4)23/h5-11,14H,1-4H3,(H,21,24)(H,22,25). The van der Waals surface area contributed by atoms with E-state index >= 15 is 0 Å². The second kappa shape index (κ2) is 8.29. The number of nitrogens with one attached hydrogen (secondary N) is 2. The van der Waals surface area contributed by atoms with Crippen LogP contribution in [0.15, 0.2) is 42.5 Å². The molecule has 6 heteroatoms. The first-order chi connectivity index (χ1) is 12.3. The minimum Gasteiger partial charge on any atom is -0.453 e. The van der Waals surface area contributed by atoms with E-state index in [2.05, 4.69) is 10.6 Å². The molecular weight excluding hydrogens is 332 g/mol. The summed E-state index contributed by atoms with van der Waals surface area (Å²) in [5, 5.41) is 5.52. The predicted octanol–water partition coefficient (Wildman–Crippen LogP) is 3.45. The molecule has 0 saturated carbocycles. The molecule has 2 amide bonds. The number of ether oxygens (including phenoxy) is 1. The maximum absolute atomic E-state index is 12.4. The molecule has 1 atom stereocenters. The van der Waals surface area contributed by atoms with Gasteiger partial charge in [-0.3, -0.25) is 14.4 Å². The molecular formula is C20H22N2O4. The summed E-state index contributed by atoms with van der Waals surface area (Å²) >= 11 is 0. The third-order valence-corrected chi connectivity index (χ3v) is 3.98. The SMILES string of the molecule is CC(=O)OC(C)C(=O)Nc1ccc(C(=O)Nc2cccc(C)c2C)cc1. The molecule has 0 bridgehead atoms. The monoisotopic (exact) mass is 354 g/mol. The molecule has 26 heavy (non-hydrogen) atoms. The minimum atomic E-state index is -0.889. The van der Waals surface area contributed by atoms with Gasteiger partial charge in [-0.15, -0.1) is 0 Å². The smallest absolute Gasteiger partial charge is 0.303 e. The lowest BCUT2D eigenvalue weighted by atomic mass is 10.1. The Bertz CT molecular complexity index is 828. The van der Waals surface area contributed by atoms with Gasteiger partial charge in [0.2, 0.25) is 0 Å². The molecule has 0 fully saturated rings. The second-order valence-electron chi connectivity index (χ2n) is 6.02. The van der Waals surface area contributed by atoms with E-state index in [1.165, 1.54) is 13.8 Å². The zero-order valence-corrected chi connectivity index (χ0v) is 15.3. The Kier molecular flexibility index (Phi) is 6.11. The molecule has 2 aromatic carbocycles. The van der Waals surface area contributed by atoms with Gasteiger partial charge in [-0.25, -0.2) is 0 Å². The van der Waals surface area contributed by atoms with E-state index in [9.17, 15) is 14.4 Å². The van der Waals surface area contributed by atoms with E-state index in [1.54, 1.807) is 24.3 Å². The minimum absolute atomic E-state index is 0.232. The molecule has 0 aliphatic heterocycles. The third kappa shape index (κ3) is 4.92. The van der Waals surface area contributed by atoms with Gasteiger partial charge in [0, 0.05) is 23.9 Å². The van der Waals surface area contributed by atoms with Crippen molar-refractivity contribution in [2.75, 3.05) is 10.6 Å². The average molecular weight is 354 g/mol. The molecule has 0 aliphatic carbocycles. The number of rotatable bonds is 5. The second-order valence-corrected chi connectivity index (χ2v) is 6.02. The number of hydrogen-bond acceptors (Lipinski definition) is 4. The van der Waals surface area contributed by atoms with Crippen LogP contribution in [-0.2, 0) is 14.3 Å². The van der Waals surface area contributed by atoms with Crippen LogP contribution in [0, 0.1) is 13.8 Å². The molecule has 6 nitrogen and oxygen atoms in total. The molecule has 1 unspecified atom stereocenters. The summed E-state index contributed by atoms with van der Waals surface area (Å²) in [5.74, 6) is -1.19. The summed E-state index contributed by atoms with van der Waals surface area (Å²) in [6.07, 6.45) is -0.889. The Labute approximate surface area is 152 Å². The number of esters is 1. The molecule has 2 rings (SSSR count). The zero-order chi connectivity index (χ0) is 19.3. The van der Waals surface area contributed by atoms with E-state index < -0.39 is 18.0 Å². The Balaban J connectivity index is 2.02. The lowest BCUT2D eigenvalue weighted by Gasteiger charge is -2.13. The van der Waals surface area contributed by atoms with Crippen LogP contribution >= 0.6 is 0 Å². The van der Waals surface area contributed by atoms with Gasteiger partial charge in [0.1, 0.15) is 0 Å². The molecule has 0 aromatic heterocycles. The first-order valence-corrected chi connectivity index (χ1v) is 8.23. The summed E-state index contributed by atoms with van der Waals surface area (Å²) in [7, 11) is 0. The highest BCUT2D eigenvalue weighted by molar-refractivity contribution is 6.05. The fraction of sp³-hybridized carbons (Fsp3) is 0.250. The predicted molar refractivity (Wildman–Crippen MR) is 100 cm³/mol. The van der Waals surface area contributed by atoms with Crippen molar-refractivity contribution < 1.29 is 19.1 Å². The molecule has 2 N–H and O–H groups in total. The van der Waals surface area contributed by atoms with Gasteiger partial charge in [-0.2, -0.15) is 0 Å². The van der Waals surface area contributed by atoms with E-state index in [0.717, 1.165) is 16.8 Å². The number of hydrogen-bond donors (Lipinski definition) is 2. The summed E-state index contributed by atoms with van der Waals surface area (Å²) in [6.45, 7) is 6.67. The van der Waals surface area contributed by atoms with Gasteiger partial charge in [-0.1, -0.05) is 12.1 Å². The molecule has 0 radical (unpaired) electrons. The number of carbonyl (C=O) groups excluding carboxylic acids is 3. The molecule has 0 saturated heterocycles. The van der Waals surface area contributed by atoms with Crippen molar-refractivity contribution in [1.29, 1.82) is 0 Å². The van der Waals surface area contributed by atoms with Crippen molar-refractivity contribution in [3.8, 4) is 0 Å². The summed E-state index contributed by atoms with van der Waals surface area (Å²) in [4.78, 5) is 35.2. The van der Waals surface area contributed by atoms with Crippen LogP contribution in [0.4, 0.5) is 11.4 Å². The first kappa shape index (κ1) is 19.2. The Morgan fingerprint density at radius 3 is 2.23 bits per heavy atom. The zero-order valence-electron chi connectivity index (χ0n) is 15.3. The highest BCUT2D eigenvalue weighted by Crippen LogP contribution is 2.19. The van der Waals surface area contributed by atoms with Crippen molar-refractivity contribution in [1.82, 2.24) is 0 Å². The maximum atomic E-state index is 12.4. The number of aryl methyl sites for hydroxylation is 1. The summed E-state index contributed by atoms with van der Waals surface area (Å²) < 4.78 is 4.82. The first-order valence-electron chi connectivity index (χ1n) is 8.23. The van der Waals surface area contributed by atoms with Crippen molar-refractivity contribution in [3.63, 3.8) is 0 Å². The lowest BCUT2D eigenvalue weighted by molar-refractivity contribution is -0.150. The fourth-order valence-corrected chi connectivity index (χ4v) is 2.33. The van der Waals surface area contributed by atoms with Crippen molar-refractivity contribution >= 4 is 29.2 Å². The lowest BCUT2D eigenvalue weighted by Crippen LogP contribution is -2.29. The van der Waals surface area contributed by atoms with Gasteiger partial charge >= 0.3 is 5.97 Å². The third-order valence-electron chi connectivity index (χ3n) is 3.98. The van der Waals surface area contributed by atoms with E-state index in [-0.39, 0.29) is 5.91 Å². The molecule has 0 spiro atoms. The van der Waals surface area contributed by atoms with Crippen LogP contribution in [0.1, 0.15) is 35.3 Å². The van der Waals surface area contributed by atoms with Crippen LogP contribution in [0.3, 0.4) is 0 Å². The van der Waals surface area contributed by atoms with Crippen LogP contribution in [0.2, 0.25) is 0 Å². The van der Waals surface area contributed by atoms with E-state index in [4.69, 9.17) is 4.74 Å². The van der Waals surface area contributed by atoms with E-state index in [0.29, 0.717) is 11.3 Å². The number of amides is 2. The summed E-state index contributed by atoms with van der Waals surface area (Å²) in [5.41, 5.74) is 3.86. The van der Waals surface area contributed by atoms with Crippen LogP contribution < -0.4 is 10.6 Å². The van der Waals surface area contributed by atoms with Crippen molar-refractivity contribution in [2.45, 2.75) is 33.8 Å². The molecule has 0 aliphatic rings. The highest BCUT2D eigenvalue weighted by atomic mass is 16.5. The number of anilines is 2. The van der Waals surface area contributed by atoms with Gasteiger partial charge < -0.3 is 15.4 Å². The Morgan fingerprint density at radius 2 is 1.62 bits per heavy atom. The normalized spacial score (nSPS) is 11.4. The van der Waals surface area contributed by atoms with E-state index in [1.807, 2.05) is 32.0 Å². The van der Waals surface area contributed by atoms with Crippen LogP contribution in [0.25, 0.3) is 0 Å². The number of carbonyl (C=O) groups is 3. The van der Waals surface area contributed by atoms with Gasteiger partial charge in [0.15, 0.2) is 6.10 Å². The average Bonchev–Trinajstić information content (AvgIpc) is 2.59. The fourth-order valence-electron chi connectivity index (χ4n) is 2.33. The van der Waals surface area contributed by atoms with Crippen LogP contribution in [0.5, 0.6) is 0 Å². The van der Waals surface area contributed by atoms with Crippen molar-refractivity contribution in [2.24, 2.45) is 0 Å². The maximum Gasteiger partial charge on any atom is 0.303 e. The van der Waals surface area contributed by atoms with Gasteiger partial charge in [-0.05, 0) is 62.2 Å². The summed E-state index contributed by atoms with van der Waals surface area (Å²) in [6, 6.07) is 12.2. The van der Waals surface area contributed by atoms with Gasteiger partial charge in [0.25, 0.3) is 11.8 Å². The molecule has 0 heterocycles. The van der Waals surface area contributed by atoms with Gasteiger partial charge in [0.05, 0.1) is 0 Å². The Hall–Kier alpha value is -3.15. The topological polar surface area (TPSA) is 84.5 Å². The molecule has 2 aromatic rings.